The van der Waals surface area contributed by atoms with Crippen LogP contribution < -0.4 is 5.32 Å². The van der Waals surface area contributed by atoms with Gasteiger partial charge >= 0.3 is 0 Å². The molecule has 142 valence electrons. The zero-order valence-electron chi connectivity index (χ0n) is 15.7. The van der Waals surface area contributed by atoms with Crippen LogP contribution in [0.3, 0.4) is 0 Å². The highest BCUT2D eigenvalue weighted by molar-refractivity contribution is 6.03. The van der Waals surface area contributed by atoms with Gasteiger partial charge in [-0.3, -0.25) is 9.79 Å². The van der Waals surface area contributed by atoms with Crippen LogP contribution >= 0.6 is 0 Å². The third kappa shape index (κ3) is 4.50. The van der Waals surface area contributed by atoms with E-state index in [9.17, 15) is 9.90 Å². The molecule has 2 N–H and O–H groups in total. The van der Waals surface area contributed by atoms with Gasteiger partial charge in [0.05, 0.1) is 12.1 Å². The van der Waals surface area contributed by atoms with Crippen molar-refractivity contribution in [1.29, 1.82) is 0 Å². The van der Waals surface area contributed by atoms with E-state index in [4.69, 9.17) is 0 Å². The highest BCUT2D eigenvalue weighted by Crippen LogP contribution is 2.26. The first-order valence-electron chi connectivity index (χ1n) is 9.38. The summed E-state index contributed by atoms with van der Waals surface area (Å²) in [6.07, 6.45) is 1.97. The number of phenolic OH excluding ortho intramolecular Hbond substituents is 1. The first kappa shape index (κ1) is 18.4. The average molecular weight is 380 g/mol. The first-order valence-corrected chi connectivity index (χ1v) is 9.38. The average Bonchev–Trinajstić information content (AvgIpc) is 2.74. The molecule has 29 heavy (non-hydrogen) atoms. The second-order valence-corrected chi connectivity index (χ2v) is 6.74. The van der Waals surface area contributed by atoms with E-state index >= 15 is 0 Å². The molecule has 0 saturated carbocycles. The maximum atomic E-state index is 12.3. The van der Waals surface area contributed by atoms with Gasteiger partial charge in [0.15, 0.2) is 0 Å². The number of rotatable bonds is 5. The Kier molecular flexibility index (Phi) is 5.34. The number of aliphatic imine (C=N–C) groups is 1. The van der Waals surface area contributed by atoms with Gasteiger partial charge in [-0.15, -0.1) is 0 Å². The lowest BCUT2D eigenvalue weighted by molar-refractivity contribution is -0.115. The standard InChI is InChI=1S/C25H20N2O2/c28-24-14-13-19-9-4-5-12-22(19)23(24)17-26-20-10-6-11-21(16-20)27-25(29)15-18-7-2-1-3-8-18/h1-14,16-17,28H,15H2,(H,27,29). The Bertz CT molecular complexity index is 1180. The third-order valence-electron chi connectivity index (χ3n) is 4.63. The molecule has 0 spiro atoms. The molecule has 0 heterocycles. The van der Waals surface area contributed by atoms with Crippen LogP contribution in [0.2, 0.25) is 0 Å². The topological polar surface area (TPSA) is 61.7 Å². The van der Waals surface area contributed by atoms with Gasteiger partial charge < -0.3 is 10.4 Å². The normalized spacial score (nSPS) is 11.0. The fourth-order valence-corrected chi connectivity index (χ4v) is 3.21. The lowest BCUT2D eigenvalue weighted by Gasteiger charge is -2.07. The summed E-state index contributed by atoms with van der Waals surface area (Å²) in [4.78, 5) is 16.8. The highest BCUT2D eigenvalue weighted by atomic mass is 16.3. The third-order valence-corrected chi connectivity index (χ3v) is 4.63. The Morgan fingerprint density at radius 1 is 0.897 bits per heavy atom. The van der Waals surface area contributed by atoms with E-state index in [0.717, 1.165) is 16.3 Å². The van der Waals surface area contributed by atoms with Crippen molar-refractivity contribution in [1.82, 2.24) is 0 Å². The van der Waals surface area contributed by atoms with Gasteiger partial charge in [0.1, 0.15) is 5.75 Å². The molecule has 0 aliphatic carbocycles. The molecule has 0 aliphatic rings. The first-order chi connectivity index (χ1) is 14.2. The molecule has 0 aliphatic heterocycles. The maximum Gasteiger partial charge on any atom is 0.228 e. The van der Waals surface area contributed by atoms with Crippen LogP contribution in [-0.2, 0) is 11.2 Å². The van der Waals surface area contributed by atoms with Crippen molar-refractivity contribution in [2.75, 3.05) is 5.32 Å². The van der Waals surface area contributed by atoms with E-state index in [-0.39, 0.29) is 11.7 Å². The van der Waals surface area contributed by atoms with Crippen LogP contribution in [0.15, 0.2) is 96.0 Å². The molecule has 0 radical (unpaired) electrons. The molecular weight excluding hydrogens is 360 g/mol. The van der Waals surface area contributed by atoms with Crippen LogP contribution in [0.4, 0.5) is 11.4 Å². The minimum Gasteiger partial charge on any atom is -0.507 e. The lowest BCUT2D eigenvalue weighted by atomic mass is 10.0. The number of nitrogens with one attached hydrogen (secondary N) is 1. The minimum atomic E-state index is -0.0796. The van der Waals surface area contributed by atoms with Crippen molar-refractivity contribution < 1.29 is 9.90 Å². The molecule has 1 amide bonds. The SMILES string of the molecule is O=C(Cc1ccccc1)Nc1cccc(N=Cc2c(O)ccc3ccccc23)c1. The smallest absolute Gasteiger partial charge is 0.228 e. The monoisotopic (exact) mass is 380 g/mol. The van der Waals surface area contributed by atoms with Crippen molar-refractivity contribution in [2.45, 2.75) is 6.42 Å². The second-order valence-electron chi connectivity index (χ2n) is 6.74. The van der Waals surface area contributed by atoms with Gasteiger partial charge in [0, 0.05) is 17.5 Å². The second kappa shape index (κ2) is 8.40. The van der Waals surface area contributed by atoms with E-state index in [1.54, 1.807) is 12.3 Å². The number of benzene rings is 4. The molecule has 0 fully saturated rings. The molecule has 4 aromatic carbocycles. The summed E-state index contributed by atoms with van der Waals surface area (Å²) in [5, 5.41) is 15.1. The molecule has 4 rings (SSSR count). The minimum absolute atomic E-state index is 0.0796. The Morgan fingerprint density at radius 3 is 2.55 bits per heavy atom. The fourth-order valence-electron chi connectivity index (χ4n) is 3.21. The zero-order valence-corrected chi connectivity index (χ0v) is 15.7. The number of amides is 1. The van der Waals surface area contributed by atoms with E-state index in [1.807, 2.05) is 84.9 Å². The molecule has 0 aromatic heterocycles. The van der Waals surface area contributed by atoms with Crippen molar-refractivity contribution in [2.24, 2.45) is 4.99 Å². The number of hydrogen-bond acceptors (Lipinski definition) is 3. The molecule has 4 nitrogen and oxygen atoms in total. The number of fused-ring (bicyclic) bond motifs is 1. The number of anilines is 1. The van der Waals surface area contributed by atoms with Crippen molar-refractivity contribution in [3.05, 3.63) is 102 Å². The Morgan fingerprint density at radius 2 is 1.69 bits per heavy atom. The number of carbonyl (C=O) groups excluding carboxylic acids is 1. The van der Waals surface area contributed by atoms with E-state index in [1.165, 1.54) is 0 Å². The van der Waals surface area contributed by atoms with Gasteiger partial charge in [0.25, 0.3) is 0 Å². The quantitative estimate of drug-likeness (QED) is 0.451. The summed E-state index contributed by atoms with van der Waals surface area (Å²) in [7, 11) is 0. The Balaban J connectivity index is 1.52. The van der Waals surface area contributed by atoms with E-state index in [0.29, 0.717) is 23.4 Å². The van der Waals surface area contributed by atoms with Gasteiger partial charge in [-0.1, -0.05) is 66.7 Å². The van der Waals surface area contributed by atoms with Gasteiger partial charge in [-0.25, -0.2) is 0 Å². The molecule has 4 aromatic rings. The van der Waals surface area contributed by atoms with E-state index < -0.39 is 0 Å². The predicted molar refractivity (Wildman–Crippen MR) is 118 cm³/mol. The van der Waals surface area contributed by atoms with Crippen LogP contribution in [0, 0.1) is 0 Å². The van der Waals surface area contributed by atoms with Crippen LogP contribution in [-0.4, -0.2) is 17.2 Å². The van der Waals surface area contributed by atoms with Crippen molar-refractivity contribution in [3.63, 3.8) is 0 Å². The van der Waals surface area contributed by atoms with Crippen LogP contribution in [0.1, 0.15) is 11.1 Å². The Hall–Kier alpha value is -3.92. The largest absolute Gasteiger partial charge is 0.507 e. The van der Waals surface area contributed by atoms with Gasteiger partial charge in [-0.2, -0.15) is 0 Å². The summed E-state index contributed by atoms with van der Waals surface area (Å²) < 4.78 is 0. The number of nitrogens with zero attached hydrogens (tertiary/aromatic N) is 1. The molecular formula is C25H20N2O2. The summed E-state index contributed by atoms with van der Waals surface area (Å²) >= 11 is 0. The molecule has 0 atom stereocenters. The predicted octanol–water partition coefficient (Wildman–Crippen LogP) is 5.48. The summed E-state index contributed by atoms with van der Waals surface area (Å²) in [6, 6.07) is 28.3. The molecule has 4 heteroatoms. The summed E-state index contributed by atoms with van der Waals surface area (Å²) in [5.74, 6) is 0.101. The van der Waals surface area contributed by atoms with E-state index in [2.05, 4.69) is 10.3 Å². The summed E-state index contributed by atoms with van der Waals surface area (Å²) in [5.41, 5.74) is 3.00. The maximum absolute atomic E-state index is 12.3. The number of carbonyl (C=O) groups is 1. The molecule has 0 bridgehead atoms. The van der Waals surface area contributed by atoms with Crippen LogP contribution in [0.5, 0.6) is 5.75 Å². The molecule has 0 unspecified atom stereocenters. The van der Waals surface area contributed by atoms with Crippen LogP contribution in [0.25, 0.3) is 10.8 Å². The van der Waals surface area contributed by atoms with Gasteiger partial charge in [0.2, 0.25) is 5.91 Å². The number of phenols is 1. The number of hydrogen-bond donors (Lipinski definition) is 2. The van der Waals surface area contributed by atoms with Crippen molar-refractivity contribution in [3.8, 4) is 5.75 Å². The van der Waals surface area contributed by atoms with Gasteiger partial charge in [-0.05, 0) is 40.6 Å². The molecule has 0 saturated heterocycles. The lowest BCUT2D eigenvalue weighted by Crippen LogP contribution is -2.14. The van der Waals surface area contributed by atoms with Crippen molar-refractivity contribution >= 4 is 34.3 Å². The highest BCUT2D eigenvalue weighted by Gasteiger charge is 2.06. The summed E-state index contributed by atoms with van der Waals surface area (Å²) in [6.45, 7) is 0. The Labute approximate surface area is 169 Å². The fraction of sp³-hybridized carbons (Fsp3) is 0.0400. The number of aromatic hydroxyl groups is 1. The zero-order chi connectivity index (χ0) is 20.1.